The zero-order valence-electron chi connectivity index (χ0n) is 33.3. The van der Waals surface area contributed by atoms with Crippen LogP contribution in [0.3, 0.4) is 0 Å². The van der Waals surface area contributed by atoms with Crippen molar-refractivity contribution < 1.29 is 24.2 Å². The number of aliphatic hydroxyl groups is 1. The van der Waals surface area contributed by atoms with E-state index in [1.807, 2.05) is 11.8 Å². The van der Waals surface area contributed by atoms with Crippen LogP contribution in [0.4, 0.5) is 0 Å². The Hall–Kier alpha value is -0.440. The number of esters is 2. The van der Waals surface area contributed by atoms with E-state index in [1.54, 1.807) is 0 Å². The van der Waals surface area contributed by atoms with Crippen LogP contribution in [0, 0.1) is 0 Å². The van der Waals surface area contributed by atoms with E-state index in [2.05, 4.69) is 38.3 Å². The van der Waals surface area contributed by atoms with E-state index in [9.17, 15) is 14.7 Å². The molecule has 0 radical (unpaired) electrons. The van der Waals surface area contributed by atoms with Crippen molar-refractivity contribution in [3.05, 3.63) is 0 Å². The molecule has 2 unspecified atom stereocenters. The van der Waals surface area contributed by atoms with Crippen molar-refractivity contribution in [3.63, 3.8) is 0 Å². The van der Waals surface area contributed by atoms with Crippen LogP contribution in [0.15, 0.2) is 0 Å². The Labute approximate surface area is 320 Å². The molecule has 0 aliphatic carbocycles. The SMILES string of the molecule is CCCCCCCCCCSC(CCCC)C(=O)OCCCCCCCCN(CCCCO)CCCCCCCCOC(=O)C(S)CCCC. The zero-order valence-corrected chi connectivity index (χ0v) is 35.0. The van der Waals surface area contributed by atoms with Crippen LogP contribution in [-0.2, 0) is 19.1 Å². The summed E-state index contributed by atoms with van der Waals surface area (Å²) in [6, 6.07) is 0. The molecule has 50 heavy (non-hydrogen) atoms. The van der Waals surface area contributed by atoms with Crippen molar-refractivity contribution >= 4 is 36.3 Å². The number of unbranched alkanes of at least 4 members (excludes halogenated alkanes) is 20. The summed E-state index contributed by atoms with van der Waals surface area (Å²) in [5.74, 6) is 0.938. The smallest absolute Gasteiger partial charge is 0.319 e. The van der Waals surface area contributed by atoms with Gasteiger partial charge in [0, 0.05) is 6.61 Å². The molecule has 0 bridgehead atoms. The van der Waals surface area contributed by atoms with Crippen molar-refractivity contribution in [1.82, 2.24) is 4.90 Å². The van der Waals surface area contributed by atoms with Gasteiger partial charge in [0.25, 0.3) is 0 Å². The topological polar surface area (TPSA) is 76.1 Å². The fraction of sp³-hybridized carbons (Fsp3) is 0.952. The molecule has 0 rings (SSSR count). The van der Waals surface area contributed by atoms with Crippen molar-refractivity contribution in [2.24, 2.45) is 0 Å². The number of carbonyl (C=O) groups is 2. The van der Waals surface area contributed by atoms with Gasteiger partial charge >= 0.3 is 11.9 Å². The first-order valence-corrected chi connectivity index (χ1v) is 23.0. The Morgan fingerprint density at radius 1 is 0.540 bits per heavy atom. The van der Waals surface area contributed by atoms with E-state index in [4.69, 9.17) is 9.47 Å². The summed E-state index contributed by atoms with van der Waals surface area (Å²) in [6.45, 7) is 11.3. The molecule has 0 aromatic carbocycles. The van der Waals surface area contributed by atoms with Crippen LogP contribution < -0.4 is 0 Å². The predicted octanol–water partition coefficient (Wildman–Crippen LogP) is 11.7. The molecule has 0 spiro atoms. The predicted molar refractivity (Wildman–Crippen MR) is 221 cm³/mol. The fourth-order valence-electron chi connectivity index (χ4n) is 6.24. The van der Waals surface area contributed by atoms with Crippen molar-refractivity contribution in [2.75, 3.05) is 45.2 Å². The lowest BCUT2D eigenvalue weighted by Gasteiger charge is -2.22. The quantitative estimate of drug-likeness (QED) is 0.0367. The standard InChI is InChI=1S/C42H83NO5S2/c1-4-7-10-11-12-17-22-29-38-50-40(31-9-6-3)42(46)48-37-28-21-16-14-19-24-33-43(34-25-26-35-44)32-23-18-13-15-20-27-36-47-41(45)39(49)30-8-5-2/h39-40,44,49H,4-38H2,1-3H3. The normalized spacial score (nSPS) is 12.8. The minimum Gasteiger partial charge on any atom is -0.465 e. The number of hydrogen-bond acceptors (Lipinski definition) is 8. The molecule has 0 saturated carbocycles. The largest absolute Gasteiger partial charge is 0.465 e. The van der Waals surface area contributed by atoms with Gasteiger partial charge in [0.1, 0.15) is 5.25 Å². The molecule has 0 saturated heterocycles. The first-order chi connectivity index (χ1) is 24.5. The van der Waals surface area contributed by atoms with E-state index in [0.717, 1.165) is 102 Å². The molecule has 0 aromatic rings. The van der Waals surface area contributed by atoms with Gasteiger partial charge in [0.15, 0.2) is 0 Å². The van der Waals surface area contributed by atoms with E-state index < -0.39 is 0 Å². The van der Waals surface area contributed by atoms with Gasteiger partial charge in [-0.2, -0.15) is 12.6 Å². The maximum atomic E-state index is 12.8. The summed E-state index contributed by atoms with van der Waals surface area (Å²) in [5, 5.41) is 8.98. The van der Waals surface area contributed by atoms with Gasteiger partial charge in [-0.05, 0) is 83.2 Å². The molecule has 2 atom stereocenters. The number of rotatable bonds is 40. The van der Waals surface area contributed by atoms with Gasteiger partial charge in [0.05, 0.1) is 18.5 Å². The molecular weight excluding hydrogens is 663 g/mol. The highest BCUT2D eigenvalue weighted by molar-refractivity contribution is 8.00. The Morgan fingerprint density at radius 2 is 0.960 bits per heavy atom. The average molecular weight is 746 g/mol. The third-order valence-electron chi connectivity index (χ3n) is 9.61. The Morgan fingerprint density at radius 3 is 1.48 bits per heavy atom. The van der Waals surface area contributed by atoms with Crippen molar-refractivity contribution in [2.45, 2.75) is 211 Å². The Bertz CT molecular complexity index is 728. The van der Waals surface area contributed by atoms with E-state index in [1.165, 1.54) is 103 Å². The molecule has 0 fully saturated rings. The molecule has 0 amide bonds. The van der Waals surface area contributed by atoms with Gasteiger partial charge in [0.2, 0.25) is 0 Å². The lowest BCUT2D eigenvalue weighted by Crippen LogP contribution is -2.27. The van der Waals surface area contributed by atoms with Crippen LogP contribution in [0.1, 0.15) is 201 Å². The summed E-state index contributed by atoms with van der Waals surface area (Å²) in [4.78, 5) is 27.3. The summed E-state index contributed by atoms with van der Waals surface area (Å²) in [6.07, 6.45) is 32.6. The third-order valence-corrected chi connectivity index (χ3v) is 11.4. The molecule has 298 valence electrons. The number of aliphatic hydroxyl groups excluding tert-OH is 1. The highest BCUT2D eigenvalue weighted by atomic mass is 32.2. The third kappa shape index (κ3) is 33.4. The monoisotopic (exact) mass is 746 g/mol. The van der Waals surface area contributed by atoms with Gasteiger partial charge in [-0.15, -0.1) is 11.8 Å². The Balaban J connectivity index is 3.97. The summed E-state index contributed by atoms with van der Waals surface area (Å²) in [5.41, 5.74) is 0. The minimum absolute atomic E-state index is 0.0181. The summed E-state index contributed by atoms with van der Waals surface area (Å²) >= 11 is 6.20. The van der Waals surface area contributed by atoms with Gasteiger partial charge in [-0.25, -0.2) is 0 Å². The van der Waals surface area contributed by atoms with Crippen LogP contribution >= 0.6 is 24.4 Å². The minimum atomic E-state index is -0.273. The van der Waals surface area contributed by atoms with E-state index in [0.29, 0.717) is 13.2 Å². The first-order valence-electron chi connectivity index (χ1n) is 21.5. The number of thioether (sulfide) groups is 1. The summed E-state index contributed by atoms with van der Waals surface area (Å²) in [7, 11) is 0. The lowest BCUT2D eigenvalue weighted by atomic mass is 10.1. The molecule has 8 heteroatoms. The van der Waals surface area contributed by atoms with Crippen molar-refractivity contribution in [1.29, 1.82) is 0 Å². The Kier molecular flexibility index (Phi) is 39.4. The maximum Gasteiger partial charge on any atom is 0.319 e. The summed E-state index contributed by atoms with van der Waals surface area (Å²) < 4.78 is 11.1. The molecule has 1 N–H and O–H groups in total. The lowest BCUT2D eigenvalue weighted by molar-refractivity contribution is -0.144. The van der Waals surface area contributed by atoms with Crippen molar-refractivity contribution in [3.8, 4) is 0 Å². The van der Waals surface area contributed by atoms with Gasteiger partial charge in [-0.1, -0.05) is 143 Å². The molecule has 0 aliphatic heterocycles. The molecular formula is C42H83NO5S2. The molecule has 0 aromatic heterocycles. The number of ether oxygens (including phenoxy) is 2. The van der Waals surface area contributed by atoms with Crippen LogP contribution in [0.2, 0.25) is 0 Å². The second-order valence-corrected chi connectivity index (χ2v) is 16.4. The fourth-order valence-corrected chi connectivity index (χ4v) is 7.69. The maximum absolute atomic E-state index is 12.8. The van der Waals surface area contributed by atoms with Crippen LogP contribution in [0.5, 0.6) is 0 Å². The zero-order chi connectivity index (χ0) is 36.8. The highest BCUT2D eigenvalue weighted by Crippen LogP contribution is 2.22. The molecule has 0 heterocycles. The van der Waals surface area contributed by atoms with Crippen LogP contribution in [-0.4, -0.2) is 77.7 Å². The van der Waals surface area contributed by atoms with Gasteiger partial charge < -0.3 is 19.5 Å². The second-order valence-electron chi connectivity index (χ2n) is 14.5. The second kappa shape index (κ2) is 39.8. The van der Waals surface area contributed by atoms with E-state index in [-0.39, 0.29) is 29.0 Å². The van der Waals surface area contributed by atoms with Gasteiger partial charge in [-0.3, -0.25) is 9.59 Å². The average Bonchev–Trinajstić information content (AvgIpc) is 3.12. The highest BCUT2D eigenvalue weighted by Gasteiger charge is 2.20. The van der Waals surface area contributed by atoms with Crippen LogP contribution in [0.25, 0.3) is 0 Å². The molecule has 0 aliphatic rings. The molecule has 6 nitrogen and oxygen atoms in total. The van der Waals surface area contributed by atoms with E-state index >= 15 is 0 Å². The number of nitrogens with zero attached hydrogens (tertiary/aromatic N) is 1. The number of thiol groups is 1. The first kappa shape index (κ1) is 49.6. The number of hydrogen-bond donors (Lipinski definition) is 2. The number of carbonyl (C=O) groups excluding carboxylic acids is 2.